The fraction of sp³-hybridized carbons (Fsp3) is 0.733. The highest BCUT2D eigenvalue weighted by atomic mass is 19.4. The Bertz CT molecular complexity index is 504. The number of rotatable bonds is 2. The molecule has 22 heavy (non-hydrogen) atoms. The summed E-state index contributed by atoms with van der Waals surface area (Å²) in [5.41, 5.74) is -4.46. The summed E-state index contributed by atoms with van der Waals surface area (Å²) < 4.78 is 80.9. The zero-order valence-corrected chi connectivity index (χ0v) is 13.2. The molecular weight excluding hydrogens is 305 g/mol. The molecule has 0 N–H and O–H groups in total. The molecule has 0 fully saturated rings. The van der Waals surface area contributed by atoms with Crippen molar-refractivity contribution in [2.24, 2.45) is 11.3 Å². The Morgan fingerprint density at radius 1 is 1.14 bits per heavy atom. The molecule has 0 heterocycles. The molecule has 0 aromatic rings. The van der Waals surface area contributed by atoms with Crippen molar-refractivity contribution in [3.8, 4) is 0 Å². The van der Waals surface area contributed by atoms with Crippen molar-refractivity contribution in [2.75, 3.05) is 0 Å². The SMILES string of the molecule is [B]C(C)(C)C1=CC(C)(C(F)(F)F)C(CC)=C(C(F)(F)F)C1C. The van der Waals surface area contributed by atoms with Crippen LogP contribution in [0.1, 0.15) is 41.0 Å². The van der Waals surface area contributed by atoms with Crippen LogP contribution in [0.4, 0.5) is 26.3 Å². The van der Waals surface area contributed by atoms with E-state index < -0.39 is 40.1 Å². The van der Waals surface area contributed by atoms with E-state index in [0.717, 1.165) is 13.0 Å². The molecule has 0 saturated heterocycles. The molecule has 0 saturated carbocycles. The van der Waals surface area contributed by atoms with Crippen molar-refractivity contribution in [1.82, 2.24) is 0 Å². The summed E-state index contributed by atoms with van der Waals surface area (Å²) in [5.74, 6) is -1.20. The van der Waals surface area contributed by atoms with Gasteiger partial charge < -0.3 is 0 Å². The number of halogens is 6. The van der Waals surface area contributed by atoms with E-state index >= 15 is 0 Å². The van der Waals surface area contributed by atoms with Crippen LogP contribution in [0.25, 0.3) is 0 Å². The van der Waals surface area contributed by atoms with Crippen LogP contribution in [-0.4, -0.2) is 20.2 Å². The summed E-state index contributed by atoms with van der Waals surface area (Å²) in [6.07, 6.45) is -9.11. The minimum absolute atomic E-state index is 0.0446. The molecule has 0 nitrogen and oxygen atoms in total. The first-order chi connectivity index (χ1) is 9.57. The van der Waals surface area contributed by atoms with E-state index in [-0.39, 0.29) is 12.0 Å². The van der Waals surface area contributed by atoms with E-state index in [0.29, 0.717) is 0 Å². The molecule has 2 radical (unpaired) electrons. The quantitative estimate of drug-likeness (QED) is 0.344. The van der Waals surface area contributed by atoms with Gasteiger partial charge in [0.15, 0.2) is 0 Å². The lowest BCUT2D eigenvalue weighted by Crippen LogP contribution is -2.42. The van der Waals surface area contributed by atoms with Crippen LogP contribution in [0.15, 0.2) is 22.8 Å². The number of allylic oxidation sites excluding steroid dienone is 4. The van der Waals surface area contributed by atoms with Crippen LogP contribution in [0.2, 0.25) is 5.31 Å². The lowest BCUT2D eigenvalue weighted by molar-refractivity contribution is -0.191. The van der Waals surface area contributed by atoms with E-state index in [4.69, 9.17) is 7.85 Å². The van der Waals surface area contributed by atoms with Crippen LogP contribution in [0.5, 0.6) is 0 Å². The first-order valence-electron chi connectivity index (χ1n) is 6.97. The largest absolute Gasteiger partial charge is 0.413 e. The van der Waals surface area contributed by atoms with Crippen molar-refractivity contribution in [1.29, 1.82) is 0 Å². The van der Waals surface area contributed by atoms with Crippen LogP contribution >= 0.6 is 0 Å². The van der Waals surface area contributed by atoms with E-state index in [1.165, 1.54) is 27.7 Å². The maximum Gasteiger partial charge on any atom is 0.413 e. The maximum absolute atomic E-state index is 13.5. The Morgan fingerprint density at radius 2 is 1.59 bits per heavy atom. The van der Waals surface area contributed by atoms with Gasteiger partial charge in [0.1, 0.15) is 5.41 Å². The molecule has 124 valence electrons. The van der Waals surface area contributed by atoms with Gasteiger partial charge >= 0.3 is 12.4 Å². The second-order valence-corrected chi connectivity index (χ2v) is 6.49. The Kier molecular flexibility index (Phi) is 4.65. The fourth-order valence-corrected chi connectivity index (χ4v) is 3.19. The average molecular weight is 324 g/mol. The van der Waals surface area contributed by atoms with Crippen molar-refractivity contribution in [3.63, 3.8) is 0 Å². The van der Waals surface area contributed by atoms with E-state index in [2.05, 4.69) is 0 Å². The molecule has 0 amide bonds. The Morgan fingerprint density at radius 3 is 1.86 bits per heavy atom. The van der Waals surface area contributed by atoms with Gasteiger partial charge in [-0.2, -0.15) is 26.3 Å². The third-order valence-corrected chi connectivity index (χ3v) is 4.29. The number of hydrogen-bond donors (Lipinski definition) is 0. The number of alkyl halides is 6. The second kappa shape index (κ2) is 5.34. The first kappa shape index (κ1) is 19.2. The summed E-state index contributed by atoms with van der Waals surface area (Å²) in [5, 5.41) is -1.28. The smallest absolute Gasteiger partial charge is 0.170 e. The predicted molar refractivity (Wildman–Crippen MR) is 74.6 cm³/mol. The zero-order chi connectivity index (χ0) is 17.7. The van der Waals surface area contributed by atoms with Crippen LogP contribution in [-0.2, 0) is 0 Å². The van der Waals surface area contributed by atoms with Crippen LogP contribution in [0, 0.1) is 11.3 Å². The summed E-state index contributed by atoms with van der Waals surface area (Å²) in [6, 6.07) is 0. The predicted octanol–water partition coefficient (Wildman–Crippen LogP) is 5.77. The zero-order valence-electron chi connectivity index (χ0n) is 13.2. The lowest BCUT2D eigenvalue weighted by Gasteiger charge is -2.44. The Hall–Kier alpha value is -0.875. The highest BCUT2D eigenvalue weighted by Crippen LogP contribution is 2.58. The van der Waals surface area contributed by atoms with Crippen molar-refractivity contribution in [2.45, 2.75) is 58.7 Å². The Labute approximate surface area is 128 Å². The number of hydrogen-bond acceptors (Lipinski definition) is 0. The van der Waals surface area contributed by atoms with Gasteiger partial charge in [0.05, 0.1) is 7.85 Å². The van der Waals surface area contributed by atoms with Crippen molar-refractivity contribution >= 4 is 7.85 Å². The standard InChI is InChI=1S/C15H19BF6/c1-6-9-11(14(17,18)19)8(2)10(12(3,4)16)7-13(9,5)15(20,21)22/h7-8H,6H2,1-5H3. The average Bonchev–Trinajstić information content (AvgIpc) is 2.26. The van der Waals surface area contributed by atoms with Gasteiger partial charge in [-0.1, -0.05) is 44.7 Å². The van der Waals surface area contributed by atoms with Gasteiger partial charge in [-0.25, -0.2) is 0 Å². The van der Waals surface area contributed by atoms with Crippen LogP contribution in [0.3, 0.4) is 0 Å². The topological polar surface area (TPSA) is 0 Å². The van der Waals surface area contributed by atoms with Crippen molar-refractivity contribution in [3.05, 3.63) is 22.8 Å². The third kappa shape index (κ3) is 3.09. The molecule has 0 aliphatic heterocycles. The normalized spacial score (nSPS) is 28.0. The van der Waals surface area contributed by atoms with Crippen LogP contribution < -0.4 is 0 Å². The minimum Gasteiger partial charge on any atom is -0.170 e. The summed E-state index contributed by atoms with van der Waals surface area (Å²) in [6.45, 7) is 6.18. The van der Waals surface area contributed by atoms with E-state index in [1.54, 1.807) is 0 Å². The summed E-state index contributed by atoms with van der Waals surface area (Å²) in [7, 11) is 5.83. The van der Waals surface area contributed by atoms with Gasteiger partial charge in [0.2, 0.25) is 0 Å². The van der Waals surface area contributed by atoms with E-state index in [1.807, 2.05) is 0 Å². The molecule has 0 spiro atoms. The third-order valence-electron chi connectivity index (χ3n) is 4.29. The Balaban J connectivity index is 3.79. The van der Waals surface area contributed by atoms with Crippen molar-refractivity contribution < 1.29 is 26.3 Å². The summed E-state index contributed by atoms with van der Waals surface area (Å²) >= 11 is 0. The molecular formula is C15H19BF6. The van der Waals surface area contributed by atoms with Gasteiger partial charge in [0.25, 0.3) is 0 Å². The molecule has 2 atom stereocenters. The summed E-state index contributed by atoms with van der Waals surface area (Å²) in [4.78, 5) is 0. The minimum atomic E-state index is -4.83. The molecule has 0 aromatic carbocycles. The molecule has 7 heteroatoms. The maximum atomic E-state index is 13.5. The molecule has 0 bridgehead atoms. The molecule has 2 unspecified atom stereocenters. The molecule has 1 rings (SSSR count). The highest BCUT2D eigenvalue weighted by Gasteiger charge is 2.58. The van der Waals surface area contributed by atoms with Gasteiger partial charge in [0, 0.05) is 11.5 Å². The highest BCUT2D eigenvalue weighted by molar-refractivity contribution is 6.16. The monoisotopic (exact) mass is 324 g/mol. The lowest BCUT2D eigenvalue weighted by atomic mass is 9.57. The van der Waals surface area contributed by atoms with E-state index in [9.17, 15) is 26.3 Å². The molecule has 1 aliphatic rings. The van der Waals surface area contributed by atoms with Gasteiger partial charge in [-0.15, -0.1) is 0 Å². The fourth-order valence-electron chi connectivity index (χ4n) is 3.19. The van der Waals surface area contributed by atoms with Gasteiger partial charge in [-0.05, 0) is 18.9 Å². The second-order valence-electron chi connectivity index (χ2n) is 6.49. The molecule has 1 aliphatic carbocycles. The molecule has 0 aromatic heterocycles. The first-order valence-corrected chi connectivity index (χ1v) is 6.97. The van der Waals surface area contributed by atoms with Gasteiger partial charge in [-0.3, -0.25) is 0 Å².